The van der Waals surface area contributed by atoms with Crippen LogP contribution in [-0.2, 0) is 4.79 Å². The number of aromatic amines is 1. The number of H-pyrrole nitrogens is 1. The van der Waals surface area contributed by atoms with Crippen molar-refractivity contribution in [1.29, 1.82) is 0 Å². The van der Waals surface area contributed by atoms with Crippen LogP contribution in [0.15, 0.2) is 42.5 Å². The summed E-state index contributed by atoms with van der Waals surface area (Å²) in [4.78, 5) is 12.3. The summed E-state index contributed by atoms with van der Waals surface area (Å²) in [5.41, 5.74) is 2.91. The van der Waals surface area contributed by atoms with Crippen LogP contribution in [0.3, 0.4) is 0 Å². The first kappa shape index (κ1) is 16.5. The average molecular weight is 344 g/mol. The highest BCUT2D eigenvalue weighted by Gasteiger charge is 2.18. The van der Waals surface area contributed by atoms with Crippen LogP contribution < -0.4 is 5.32 Å². The number of halogens is 1. The van der Waals surface area contributed by atoms with Gasteiger partial charge in [-0.25, -0.2) is 0 Å². The zero-order valence-corrected chi connectivity index (χ0v) is 14.1. The number of carbonyl (C=O) groups excluding carboxylic acids is 1. The highest BCUT2D eigenvalue weighted by atomic mass is 35.5. The highest BCUT2D eigenvalue weighted by Crippen LogP contribution is 2.26. The van der Waals surface area contributed by atoms with E-state index in [4.69, 9.17) is 11.6 Å². The molecule has 2 aromatic carbocycles. The normalized spacial score (nSPS) is 12.5. The SMILES string of the molecule is CC(C)c1[nH]nc2ccc(NC(=O)[C@H](O)c3cccc(Cl)c3)cc12. The summed E-state index contributed by atoms with van der Waals surface area (Å²) >= 11 is 5.90. The molecule has 0 saturated heterocycles. The van der Waals surface area contributed by atoms with Crippen LogP contribution in [0.4, 0.5) is 5.69 Å². The minimum atomic E-state index is -1.28. The molecule has 0 saturated carbocycles. The standard InChI is InChI=1S/C18H18ClN3O2/c1-10(2)16-14-9-13(6-7-15(14)21-22-16)20-18(24)17(23)11-4-3-5-12(19)8-11/h3-10,17,23H,1-2H3,(H,20,24)(H,21,22)/t17-/m1/s1. The van der Waals surface area contributed by atoms with E-state index in [-0.39, 0.29) is 5.92 Å². The molecule has 0 aliphatic heterocycles. The molecule has 0 aliphatic rings. The van der Waals surface area contributed by atoms with Gasteiger partial charge < -0.3 is 10.4 Å². The van der Waals surface area contributed by atoms with Crippen molar-refractivity contribution < 1.29 is 9.90 Å². The van der Waals surface area contributed by atoms with Crippen LogP contribution in [0.25, 0.3) is 10.9 Å². The van der Waals surface area contributed by atoms with Crippen molar-refractivity contribution in [2.45, 2.75) is 25.9 Å². The van der Waals surface area contributed by atoms with Crippen LogP contribution in [-0.4, -0.2) is 21.2 Å². The van der Waals surface area contributed by atoms with Gasteiger partial charge in [0.15, 0.2) is 6.10 Å². The van der Waals surface area contributed by atoms with E-state index in [0.29, 0.717) is 16.3 Å². The minimum Gasteiger partial charge on any atom is -0.378 e. The fourth-order valence-electron chi connectivity index (χ4n) is 2.59. The van der Waals surface area contributed by atoms with Crippen LogP contribution in [0, 0.1) is 0 Å². The van der Waals surface area contributed by atoms with Gasteiger partial charge in [0.2, 0.25) is 0 Å². The Kier molecular flexibility index (Phi) is 4.55. The molecule has 3 aromatic rings. The number of aliphatic hydroxyl groups excluding tert-OH is 1. The number of carbonyl (C=O) groups is 1. The van der Waals surface area contributed by atoms with Crippen molar-refractivity contribution in [3.63, 3.8) is 0 Å². The van der Waals surface area contributed by atoms with E-state index in [0.717, 1.165) is 16.6 Å². The van der Waals surface area contributed by atoms with Crippen molar-refractivity contribution in [2.75, 3.05) is 5.32 Å². The maximum Gasteiger partial charge on any atom is 0.257 e. The smallest absolute Gasteiger partial charge is 0.257 e. The fraction of sp³-hybridized carbons (Fsp3) is 0.222. The molecule has 0 fully saturated rings. The second kappa shape index (κ2) is 6.63. The summed E-state index contributed by atoms with van der Waals surface area (Å²) in [6.07, 6.45) is -1.28. The summed E-state index contributed by atoms with van der Waals surface area (Å²) < 4.78 is 0. The Morgan fingerprint density at radius 2 is 2.04 bits per heavy atom. The Hall–Kier alpha value is -2.37. The number of fused-ring (bicyclic) bond motifs is 1. The number of amides is 1. The predicted octanol–water partition coefficient (Wildman–Crippen LogP) is 4.01. The van der Waals surface area contributed by atoms with Gasteiger partial charge in [-0.15, -0.1) is 0 Å². The Morgan fingerprint density at radius 1 is 1.25 bits per heavy atom. The maximum atomic E-state index is 12.3. The number of rotatable bonds is 4. The van der Waals surface area contributed by atoms with Crippen LogP contribution in [0.2, 0.25) is 5.02 Å². The van der Waals surface area contributed by atoms with Gasteiger partial charge in [0.05, 0.1) is 5.52 Å². The third-order valence-electron chi connectivity index (χ3n) is 3.84. The molecule has 1 amide bonds. The molecular formula is C18H18ClN3O2. The molecule has 0 unspecified atom stereocenters. The molecule has 124 valence electrons. The van der Waals surface area contributed by atoms with Crippen LogP contribution in [0.1, 0.15) is 37.1 Å². The van der Waals surface area contributed by atoms with Gasteiger partial charge in [0, 0.05) is 21.8 Å². The average Bonchev–Trinajstić information content (AvgIpc) is 2.97. The summed E-state index contributed by atoms with van der Waals surface area (Å²) in [5.74, 6) is -0.218. The van der Waals surface area contributed by atoms with Gasteiger partial charge in [-0.3, -0.25) is 9.89 Å². The first-order valence-electron chi connectivity index (χ1n) is 7.68. The number of benzene rings is 2. The molecule has 1 heterocycles. The molecule has 5 nitrogen and oxygen atoms in total. The molecule has 1 atom stereocenters. The van der Waals surface area contributed by atoms with Crippen LogP contribution >= 0.6 is 11.6 Å². The molecular weight excluding hydrogens is 326 g/mol. The van der Waals surface area contributed by atoms with E-state index >= 15 is 0 Å². The Bertz CT molecular complexity index is 889. The molecule has 3 N–H and O–H groups in total. The fourth-order valence-corrected chi connectivity index (χ4v) is 2.79. The van der Waals surface area contributed by atoms with E-state index in [1.165, 1.54) is 0 Å². The molecule has 0 aliphatic carbocycles. The number of nitrogens with zero attached hydrogens (tertiary/aromatic N) is 1. The van der Waals surface area contributed by atoms with Crippen molar-refractivity contribution in [3.8, 4) is 0 Å². The minimum absolute atomic E-state index is 0.290. The number of anilines is 1. The van der Waals surface area contributed by atoms with E-state index in [9.17, 15) is 9.90 Å². The zero-order valence-electron chi connectivity index (χ0n) is 13.4. The molecule has 6 heteroatoms. The third-order valence-corrected chi connectivity index (χ3v) is 4.08. The number of hydrogen-bond acceptors (Lipinski definition) is 3. The van der Waals surface area contributed by atoms with Gasteiger partial charge in [-0.1, -0.05) is 37.6 Å². The van der Waals surface area contributed by atoms with Gasteiger partial charge in [0.25, 0.3) is 5.91 Å². The quantitative estimate of drug-likeness (QED) is 0.669. The lowest BCUT2D eigenvalue weighted by molar-refractivity contribution is -0.124. The van der Waals surface area contributed by atoms with Crippen molar-refractivity contribution in [2.24, 2.45) is 0 Å². The molecule has 0 radical (unpaired) electrons. The van der Waals surface area contributed by atoms with Crippen LogP contribution in [0.5, 0.6) is 0 Å². The lowest BCUT2D eigenvalue weighted by Crippen LogP contribution is -2.20. The Balaban J connectivity index is 1.83. The largest absolute Gasteiger partial charge is 0.378 e. The summed E-state index contributed by atoms with van der Waals surface area (Å²) in [6, 6.07) is 12.1. The van der Waals surface area contributed by atoms with E-state index in [2.05, 4.69) is 29.4 Å². The zero-order chi connectivity index (χ0) is 17.3. The summed E-state index contributed by atoms with van der Waals surface area (Å²) in [5, 5.41) is 21.6. The maximum absolute atomic E-state index is 12.3. The molecule has 1 aromatic heterocycles. The predicted molar refractivity (Wildman–Crippen MR) is 95.2 cm³/mol. The van der Waals surface area contributed by atoms with Crippen molar-refractivity contribution in [1.82, 2.24) is 10.2 Å². The number of aromatic nitrogens is 2. The number of nitrogens with one attached hydrogen (secondary N) is 2. The Morgan fingerprint density at radius 3 is 2.75 bits per heavy atom. The van der Waals surface area contributed by atoms with Gasteiger partial charge in [-0.2, -0.15) is 5.10 Å². The second-order valence-electron chi connectivity index (χ2n) is 5.97. The van der Waals surface area contributed by atoms with Gasteiger partial charge in [0.1, 0.15) is 0 Å². The lowest BCUT2D eigenvalue weighted by atomic mass is 10.1. The summed E-state index contributed by atoms with van der Waals surface area (Å²) in [7, 11) is 0. The van der Waals surface area contributed by atoms with E-state index in [1.54, 1.807) is 30.3 Å². The lowest BCUT2D eigenvalue weighted by Gasteiger charge is -2.12. The first-order chi connectivity index (χ1) is 11.5. The Labute approximate surface area is 144 Å². The van der Waals surface area contributed by atoms with Crippen molar-refractivity contribution in [3.05, 3.63) is 58.7 Å². The monoisotopic (exact) mass is 343 g/mol. The summed E-state index contributed by atoms with van der Waals surface area (Å²) in [6.45, 7) is 4.14. The first-order valence-corrected chi connectivity index (χ1v) is 8.06. The molecule has 0 bridgehead atoms. The number of hydrogen-bond donors (Lipinski definition) is 3. The van der Waals surface area contributed by atoms with E-state index < -0.39 is 12.0 Å². The topological polar surface area (TPSA) is 78.0 Å². The molecule has 24 heavy (non-hydrogen) atoms. The van der Waals surface area contributed by atoms with E-state index in [1.807, 2.05) is 12.1 Å². The van der Waals surface area contributed by atoms with Gasteiger partial charge in [-0.05, 0) is 41.8 Å². The van der Waals surface area contributed by atoms with Crippen molar-refractivity contribution >= 4 is 34.1 Å². The van der Waals surface area contributed by atoms with Gasteiger partial charge >= 0.3 is 0 Å². The molecule has 0 spiro atoms. The molecule has 3 rings (SSSR count). The second-order valence-corrected chi connectivity index (χ2v) is 6.41. The highest BCUT2D eigenvalue weighted by molar-refractivity contribution is 6.30. The third kappa shape index (κ3) is 3.27. The number of aliphatic hydroxyl groups is 1.